The summed E-state index contributed by atoms with van der Waals surface area (Å²) in [5, 5.41) is 0. The summed E-state index contributed by atoms with van der Waals surface area (Å²) >= 11 is 0. The molecule has 0 amide bonds. The first-order valence-corrected chi connectivity index (χ1v) is 5.10. The molecule has 0 bridgehead atoms. The second kappa shape index (κ2) is 4.11. The molecule has 2 atom stereocenters. The Morgan fingerprint density at radius 3 is 2.14 bits per heavy atom. The molecule has 2 nitrogen and oxygen atoms in total. The molecule has 1 saturated heterocycles. The van der Waals surface area contributed by atoms with Crippen LogP contribution in [0.15, 0.2) is 30.3 Å². The van der Waals surface area contributed by atoms with Crippen molar-refractivity contribution in [2.24, 2.45) is 0 Å². The summed E-state index contributed by atoms with van der Waals surface area (Å²) in [6.07, 6.45) is 1.20. The third-order valence-electron chi connectivity index (χ3n) is 2.64. The van der Waals surface area contributed by atoms with Gasteiger partial charge >= 0.3 is 0 Å². The summed E-state index contributed by atoms with van der Waals surface area (Å²) < 4.78 is 11.3. The van der Waals surface area contributed by atoms with Crippen LogP contribution in [0.5, 0.6) is 0 Å². The molecule has 2 rings (SSSR count). The van der Waals surface area contributed by atoms with E-state index in [1.54, 1.807) is 0 Å². The summed E-state index contributed by atoms with van der Waals surface area (Å²) in [4.78, 5) is 0. The van der Waals surface area contributed by atoms with Crippen LogP contribution in [-0.4, -0.2) is 18.5 Å². The zero-order valence-electron chi connectivity index (χ0n) is 8.64. The molecule has 1 heterocycles. The Hall–Kier alpha value is -0.860. The first-order valence-electron chi connectivity index (χ1n) is 5.10. The third kappa shape index (κ3) is 2.14. The summed E-state index contributed by atoms with van der Waals surface area (Å²) in [5.41, 5.74) is 1.26. The lowest BCUT2D eigenvalue weighted by Crippen LogP contribution is -2.13. The molecule has 0 spiro atoms. The lowest BCUT2D eigenvalue weighted by atomic mass is 10.1. The fraction of sp³-hybridized carbons (Fsp3) is 0.500. The van der Waals surface area contributed by atoms with Gasteiger partial charge in [-0.2, -0.15) is 0 Å². The van der Waals surface area contributed by atoms with E-state index in [4.69, 9.17) is 9.47 Å². The molecule has 0 N–H and O–H groups in total. The second-order valence-corrected chi connectivity index (χ2v) is 3.80. The predicted octanol–water partition coefficient (Wildman–Crippen LogP) is 2.38. The first kappa shape index (κ1) is 9.69. The van der Waals surface area contributed by atoms with E-state index < -0.39 is 0 Å². The zero-order valence-corrected chi connectivity index (χ0v) is 8.64. The Bertz CT molecular complexity index is 274. The van der Waals surface area contributed by atoms with Crippen molar-refractivity contribution in [3.8, 4) is 0 Å². The van der Waals surface area contributed by atoms with Gasteiger partial charge in [0.05, 0.1) is 12.2 Å². The molecule has 0 saturated carbocycles. The van der Waals surface area contributed by atoms with Gasteiger partial charge in [0.25, 0.3) is 0 Å². The average molecular weight is 192 g/mol. The Labute approximate surface area is 84.8 Å². The van der Waals surface area contributed by atoms with Crippen LogP contribution in [0.4, 0.5) is 0 Å². The van der Waals surface area contributed by atoms with E-state index in [9.17, 15) is 0 Å². The average Bonchev–Trinajstić information content (AvgIpc) is 2.47. The Kier molecular flexibility index (Phi) is 2.85. The van der Waals surface area contributed by atoms with Crippen LogP contribution in [0.25, 0.3) is 0 Å². The minimum Gasteiger partial charge on any atom is -0.347 e. The first-order chi connectivity index (χ1) is 6.75. The normalized spacial score (nSPS) is 28.1. The molecule has 1 aliphatic rings. The summed E-state index contributed by atoms with van der Waals surface area (Å²) in [7, 11) is 0. The van der Waals surface area contributed by atoms with Crippen molar-refractivity contribution in [2.75, 3.05) is 0 Å². The maximum absolute atomic E-state index is 5.66. The fourth-order valence-corrected chi connectivity index (χ4v) is 1.63. The van der Waals surface area contributed by atoms with Crippen molar-refractivity contribution in [1.82, 2.24) is 0 Å². The van der Waals surface area contributed by atoms with E-state index in [1.807, 2.05) is 18.2 Å². The van der Waals surface area contributed by atoms with Crippen molar-refractivity contribution >= 4 is 0 Å². The van der Waals surface area contributed by atoms with E-state index in [1.165, 1.54) is 5.56 Å². The van der Waals surface area contributed by atoms with Gasteiger partial charge in [-0.3, -0.25) is 0 Å². The van der Waals surface area contributed by atoms with Crippen LogP contribution in [0.1, 0.15) is 19.4 Å². The molecular weight excluding hydrogens is 176 g/mol. The Morgan fingerprint density at radius 2 is 1.57 bits per heavy atom. The van der Waals surface area contributed by atoms with Crippen molar-refractivity contribution in [3.63, 3.8) is 0 Å². The predicted molar refractivity (Wildman–Crippen MR) is 55.0 cm³/mol. The highest BCUT2D eigenvalue weighted by atomic mass is 16.7. The van der Waals surface area contributed by atoms with Crippen molar-refractivity contribution in [2.45, 2.75) is 38.8 Å². The molecule has 0 aromatic heterocycles. The molecule has 0 unspecified atom stereocenters. The minimum absolute atomic E-state index is 0.0672. The van der Waals surface area contributed by atoms with Crippen LogP contribution in [0, 0.1) is 0 Å². The standard InChI is InChI=1S/C12H16O2/c1-9-10(2)14-12(13-9)8-11-6-4-3-5-7-11/h3-7,9-10,12H,8H2,1-2H3/t9-,10-/m0/s1. The summed E-state index contributed by atoms with van der Waals surface area (Å²) in [5.74, 6) is 0. The summed E-state index contributed by atoms with van der Waals surface area (Å²) in [6, 6.07) is 10.3. The van der Waals surface area contributed by atoms with Crippen LogP contribution >= 0.6 is 0 Å². The topological polar surface area (TPSA) is 18.5 Å². The fourth-order valence-electron chi connectivity index (χ4n) is 1.63. The van der Waals surface area contributed by atoms with Crippen molar-refractivity contribution in [1.29, 1.82) is 0 Å². The number of benzene rings is 1. The Morgan fingerprint density at radius 1 is 1.00 bits per heavy atom. The molecule has 1 aromatic rings. The van der Waals surface area contributed by atoms with E-state index in [-0.39, 0.29) is 18.5 Å². The molecule has 76 valence electrons. The van der Waals surface area contributed by atoms with Gasteiger partial charge in [-0.1, -0.05) is 30.3 Å². The highest BCUT2D eigenvalue weighted by Gasteiger charge is 2.29. The van der Waals surface area contributed by atoms with Crippen molar-refractivity contribution in [3.05, 3.63) is 35.9 Å². The molecule has 1 aromatic carbocycles. The number of hydrogen-bond acceptors (Lipinski definition) is 2. The van der Waals surface area contributed by atoms with Crippen LogP contribution < -0.4 is 0 Å². The van der Waals surface area contributed by atoms with E-state index in [2.05, 4.69) is 26.0 Å². The highest BCUT2D eigenvalue weighted by Crippen LogP contribution is 2.21. The largest absolute Gasteiger partial charge is 0.347 e. The van der Waals surface area contributed by atoms with Gasteiger partial charge in [-0.15, -0.1) is 0 Å². The van der Waals surface area contributed by atoms with Gasteiger partial charge in [-0.05, 0) is 19.4 Å². The maximum Gasteiger partial charge on any atom is 0.162 e. The lowest BCUT2D eigenvalue weighted by molar-refractivity contribution is -0.0607. The van der Waals surface area contributed by atoms with Gasteiger partial charge in [0, 0.05) is 6.42 Å². The molecule has 1 aliphatic heterocycles. The smallest absolute Gasteiger partial charge is 0.162 e. The number of rotatable bonds is 2. The zero-order chi connectivity index (χ0) is 9.97. The number of hydrogen-bond donors (Lipinski definition) is 0. The highest BCUT2D eigenvalue weighted by molar-refractivity contribution is 5.15. The van der Waals surface area contributed by atoms with Gasteiger partial charge in [0.1, 0.15) is 0 Å². The Balaban J connectivity index is 1.94. The molecular formula is C12H16O2. The van der Waals surface area contributed by atoms with E-state index in [0.717, 1.165) is 6.42 Å². The van der Waals surface area contributed by atoms with Gasteiger partial charge in [0.2, 0.25) is 0 Å². The molecule has 0 radical (unpaired) electrons. The third-order valence-corrected chi connectivity index (χ3v) is 2.64. The monoisotopic (exact) mass is 192 g/mol. The van der Waals surface area contributed by atoms with Crippen molar-refractivity contribution < 1.29 is 9.47 Å². The molecule has 0 aliphatic carbocycles. The molecule has 1 fully saturated rings. The van der Waals surface area contributed by atoms with Gasteiger partial charge in [0.15, 0.2) is 6.29 Å². The quantitative estimate of drug-likeness (QED) is 0.716. The molecule has 2 heteroatoms. The van der Waals surface area contributed by atoms with E-state index in [0.29, 0.717) is 0 Å². The number of ether oxygens (including phenoxy) is 2. The van der Waals surface area contributed by atoms with Gasteiger partial charge in [-0.25, -0.2) is 0 Å². The lowest BCUT2D eigenvalue weighted by Gasteiger charge is -2.09. The second-order valence-electron chi connectivity index (χ2n) is 3.80. The SMILES string of the molecule is C[C@@H]1OC(Cc2ccccc2)O[C@H]1C. The summed E-state index contributed by atoms with van der Waals surface area (Å²) in [6.45, 7) is 4.10. The maximum atomic E-state index is 5.66. The van der Waals surface area contributed by atoms with Crippen LogP contribution in [0.3, 0.4) is 0 Å². The van der Waals surface area contributed by atoms with Crippen LogP contribution in [0.2, 0.25) is 0 Å². The minimum atomic E-state index is -0.0672. The van der Waals surface area contributed by atoms with E-state index >= 15 is 0 Å². The molecule has 14 heavy (non-hydrogen) atoms. The van der Waals surface area contributed by atoms with Gasteiger partial charge < -0.3 is 9.47 Å². The van der Waals surface area contributed by atoms with Crippen LogP contribution in [-0.2, 0) is 15.9 Å².